The number of pyridine rings is 1. The first kappa shape index (κ1) is 10.3. The molecule has 3 nitrogen and oxygen atoms in total. The highest BCUT2D eigenvalue weighted by molar-refractivity contribution is 7.99. The molecular formula is C9H14N2OS. The van der Waals surface area contributed by atoms with Gasteiger partial charge in [0.05, 0.1) is 6.10 Å². The molecule has 0 spiro atoms. The third-order valence-corrected chi connectivity index (χ3v) is 2.80. The number of nitrogen functional groups attached to an aromatic ring is 1. The summed E-state index contributed by atoms with van der Waals surface area (Å²) in [6.07, 6.45) is 2.28. The van der Waals surface area contributed by atoms with Gasteiger partial charge in [0, 0.05) is 16.8 Å². The van der Waals surface area contributed by atoms with Gasteiger partial charge in [-0.3, -0.25) is 0 Å². The lowest BCUT2D eigenvalue weighted by Crippen LogP contribution is -2.07. The first-order valence-corrected chi connectivity index (χ1v) is 5.23. The number of nitrogens with zero attached hydrogens (tertiary/aromatic N) is 1. The Morgan fingerprint density at radius 1 is 1.62 bits per heavy atom. The molecule has 1 aromatic rings. The van der Waals surface area contributed by atoms with Crippen LogP contribution in [0.2, 0.25) is 0 Å². The minimum absolute atomic E-state index is 0.234. The zero-order chi connectivity index (χ0) is 9.68. The second-order valence-corrected chi connectivity index (χ2v) is 3.89. The van der Waals surface area contributed by atoms with Gasteiger partial charge in [0.2, 0.25) is 0 Å². The number of aliphatic hydroxyl groups is 1. The Bertz CT molecular complexity index is 250. The minimum atomic E-state index is -0.234. The predicted molar refractivity (Wildman–Crippen MR) is 55.7 cm³/mol. The summed E-state index contributed by atoms with van der Waals surface area (Å²) in [7, 11) is 0. The first-order chi connectivity index (χ1) is 6.22. The lowest BCUT2D eigenvalue weighted by atomic mass is 10.3. The highest BCUT2D eigenvalue weighted by atomic mass is 32.2. The van der Waals surface area contributed by atoms with Crippen molar-refractivity contribution in [1.82, 2.24) is 4.98 Å². The third kappa shape index (κ3) is 3.65. The van der Waals surface area contributed by atoms with Gasteiger partial charge >= 0.3 is 0 Å². The lowest BCUT2D eigenvalue weighted by Gasteiger charge is -2.06. The third-order valence-electron chi connectivity index (χ3n) is 1.67. The van der Waals surface area contributed by atoms with Crippen LogP contribution in [0.5, 0.6) is 0 Å². The Morgan fingerprint density at radius 3 is 2.92 bits per heavy atom. The average Bonchev–Trinajstić information content (AvgIpc) is 2.16. The van der Waals surface area contributed by atoms with Crippen molar-refractivity contribution in [2.24, 2.45) is 0 Å². The van der Waals surface area contributed by atoms with Crippen molar-refractivity contribution in [3.05, 3.63) is 18.3 Å². The summed E-state index contributed by atoms with van der Waals surface area (Å²) in [6.45, 7) is 1.96. The van der Waals surface area contributed by atoms with E-state index in [0.29, 0.717) is 11.6 Å². The maximum atomic E-state index is 9.31. The van der Waals surface area contributed by atoms with Crippen molar-refractivity contribution in [1.29, 1.82) is 0 Å². The molecule has 0 amide bonds. The van der Waals surface area contributed by atoms with Crippen molar-refractivity contribution >= 4 is 17.6 Å². The van der Waals surface area contributed by atoms with Crippen LogP contribution in [0.1, 0.15) is 13.3 Å². The fraction of sp³-hybridized carbons (Fsp3) is 0.444. The predicted octanol–water partition coefficient (Wildman–Crippen LogP) is 1.53. The van der Waals surface area contributed by atoms with Gasteiger partial charge in [-0.25, -0.2) is 4.98 Å². The summed E-state index contributed by atoms with van der Waals surface area (Å²) < 4.78 is 0. The molecule has 0 aromatic carbocycles. The molecule has 0 bridgehead atoms. The molecule has 1 rings (SSSR count). The highest BCUT2D eigenvalue weighted by Crippen LogP contribution is 2.18. The van der Waals surface area contributed by atoms with Gasteiger partial charge in [0.25, 0.3) is 0 Å². The molecule has 72 valence electrons. The smallest absolute Gasteiger partial charge is 0.123 e. The van der Waals surface area contributed by atoms with E-state index in [1.54, 1.807) is 24.0 Å². The van der Waals surface area contributed by atoms with Gasteiger partial charge < -0.3 is 10.8 Å². The van der Waals surface area contributed by atoms with E-state index in [0.717, 1.165) is 11.3 Å². The van der Waals surface area contributed by atoms with Gasteiger partial charge in [0.15, 0.2) is 0 Å². The zero-order valence-corrected chi connectivity index (χ0v) is 8.42. The molecule has 1 aromatic heterocycles. The Hall–Kier alpha value is -0.740. The Morgan fingerprint density at radius 2 is 2.38 bits per heavy atom. The molecular weight excluding hydrogens is 184 g/mol. The summed E-state index contributed by atoms with van der Waals surface area (Å²) >= 11 is 1.59. The standard InChI is InChI=1S/C9H14N2OS/c1-2-7(12)6-13-8-3-4-9(10)11-5-8/h3-5,7,12H,2,6H2,1H3,(H2,10,11). The summed E-state index contributed by atoms with van der Waals surface area (Å²) in [6, 6.07) is 3.68. The van der Waals surface area contributed by atoms with Gasteiger partial charge in [-0.05, 0) is 18.6 Å². The molecule has 4 heteroatoms. The lowest BCUT2D eigenvalue weighted by molar-refractivity contribution is 0.195. The number of thioether (sulfide) groups is 1. The van der Waals surface area contributed by atoms with Crippen LogP contribution in [0.15, 0.2) is 23.2 Å². The van der Waals surface area contributed by atoms with E-state index in [2.05, 4.69) is 4.98 Å². The van der Waals surface area contributed by atoms with Crippen LogP contribution in [0.4, 0.5) is 5.82 Å². The van der Waals surface area contributed by atoms with E-state index in [1.165, 1.54) is 0 Å². The second-order valence-electron chi connectivity index (χ2n) is 2.79. The van der Waals surface area contributed by atoms with Crippen LogP contribution in [-0.2, 0) is 0 Å². The number of aromatic nitrogens is 1. The minimum Gasteiger partial charge on any atom is -0.392 e. The Balaban J connectivity index is 2.41. The van der Waals surface area contributed by atoms with E-state index in [4.69, 9.17) is 5.73 Å². The summed E-state index contributed by atoms with van der Waals surface area (Å²) in [5, 5.41) is 9.31. The highest BCUT2D eigenvalue weighted by Gasteiger charge is 2.01. The van der Waals surface area contributed by atoms with Gasteiger partial charge in [-0.1, -0.05) is 6.92 Å². The quantitative estimate of drug-likeness (QED) is 0.720. The van der Waals surface area contributed by atoms with E-state index < -0.39 is 0 Å². The number of nitrogens with two attached hydrogens (primary N) is 1. The first-order valence-electron chi connectivity index (χ1n) is 4.24. The Labute approximate surface area is 82.4 Å². The SMILES string of the molecule is CCC(O)CSc1ccc(N)nc1. The Kier molecular flexibility index (Phi) is 4.05. The molecule has 0 saturated carbocycles. The molecule has 0 aliphatic rings. The van der Waals surface area contributed by atoms with E-state index in [-0.39, 0.29) is 6.10 Å². The monoisotopic (exact) mass is 198 g/mol. The number of hydrogen-bond donors (Lipinski definition) is 2. The van der Waals surface area contributed by atoms with Crippen LogP contribution in [0.3, 0.4) is 0 Å². The van der Waals surface area contributed by atoms with Crippen molar-refractivity contribution in [2.45, 2.75) is 24.3 Å². The average molecular weight is 198 g/mol. The maximum absolute atomic E-state index is 9.31. The maximum Gasteiger partial charge on any atom is 0.123 e. The van der Waals surface area contributed by atoms with Crippen molar-refractivity contribution in [3.8, 4) is 0 Å². The summed E-state index contributed by atoms with van der Waals surface area (Å²) in [4.78, 5) is 5.00. The molecule has 0 aliphatic carbocycles. The van der Waals surface area contributed by atoms with Crippen LogP contribution in [0, 0.1) is 0 Å². The molecule has 13 heavy (non-hydrogen) atoms. The summed E-state index contributed by atoms with van der Waals surface area (Å²) in [5.41, 5.74) is 5.44. The molecule has 1 heterocycles. The normalized spacial score (nSPS) is 12.8. The van der Waals surface area contributed by atoms with Crippen LogP contribution >= 0.6 is 11.8 Å². The molecule has 0 aliphatic heterocycles. The van der Waals surface area contributed by atoms with Gasteiger partial charge in [-0.15, -0.1) is 11.8 Å². The molecule has 1 unspecified atom stereocenters. The van der Waals surface area contributed by atoms with E-state index >= 15 is 0 Å². The second kappa shape index (κ2) is 5.09. The molecule has 3 N–H and O–H groups in total. The number of rotatable bonds is 4. The number of hydrogen-bond acceptors (Lipinski definition) is 4. The van der Waals surface area contributed by atoms with Gasteiger partial charge in [0.1, 0.15) is 5.82 Å². The number of aliphatic hydroxyl groups excluding tert-OH is 1. The summed E-state index contributed by atoms with van der Waals surface area (Å²) in [5.74, 6) is 1.24. The fourth-order valence-corrected chi connectivity index (χ4v) is 1.70. The zero-order valence-electron chi connectivity index (χ0n) is 7.60. The van der Waals surface area contributed by atoms with E-state index in [9.17, 15) is 5.11 Å². The van der Waals surface area contributed by atoms with Gasteiger partial charge in [-0.2, -0.15) is 0 Å². The topological polar surface area (TPSA) is 59.1 Å². The van der Waals surface area contributed by atoms with E-state index in [1.807, 2.05) is 13.0 Å². The molecule has 1 atom stereocenters. The van der Waals surface area contributed by atoms with Crippen molar-refractivity contribution in [3.63, 3.8) is 0 Å². The van der Waals surface area contributed by atoms with Crippen molar-refractivity contribution < 1.29 is 5.11 Å². The molecule has 0 fully saturated rings. The molecule has 0 radical (unpaired) electrons. The van der Waals surface area contributed by atoms with Crippen LogP contribution < -0.4 is 5.73 Å². The largest absolute Gasteiger partial charge is 0.392 e. The van der Waals surface area contributed by atoms with Crippen LogP contribution in [0.25, 0.3) is 0 Å². The fourth-order valence-electron chi connectivity index (χ4n) is 0.787. The van der Waals surface area contributed by atoms with Crippen LogP contribution in [-0.4, -0.2) is 21.9 Å². The van der Waals surface area contributed by atoms with Crippen molar-refractivity contribution in [2.75, 3.05) is 11.5 Å². The number of anilines is 1. The molecule has 0 saturated heterocycles.